The lowest BCUT2D eigenvalue weighted by Crippen LogP contribution is -1.79. The molecule has 0 spiro atoms. The van der Waals surface area contributed by atoms with E-state index in [0.29, 0.717) is 0 Å². The molecule has 0 fully saturated rings. The highest BCUT2D eigenvalue weighted by atomic mass is 14.7. The van der Waals surface area contributed by atoms with E-state index >= 15 is 0 Å². The molecule has 0 N–H and O–H groups in total. The van der Waals surface area contributed by atoms with E-state index in [1.54, 1.807) is 0 Å². The van der Waals surface area contributed by atoms with Gasteiger partial charge in [0.15, 0.2) is 0 Å². The largest absolute Gasteiger partial charge is 0.256 e. The maximum Gasteiger partial charge on any atom is 0.0792 e. The van der Waals surface area contributed by atoms with Gasteiger partial charge >= 0.3 is 0 Å². The quantitative estimate of drug-likeness (QED) is 0.247. The van der Waals surface area contributed by atoms with Crippen LogP contribution in [0.25, 0.3) is 66.2 Å². The molecular formula is C31H19N. The molecule has 2 aliphatic carbocycles. The highest BCUT2D eigenvalue weighted by molar-refractivity contribution is 6.15. The summed E-state index contributed by atoms with van der Waals surface area (Å²) in [6, 6.07) is 38.8. The number of hydrogen-bond donors (Lipinski definition) is 0. The number of pyridine rings is 1. The Labute approximate surface area is 186 Å². The van der Waals surface area contributed by atoms with Gasteiger partial charge in [-0.25, -0.2) is 0 Å². The van der Waals surface area contributed by atoms with Gasteiger partial charge in [-0.05, 0) is 55.6 Å². The lowest BCUT2D eigenvalue weighted by Gasteiger charge is -2.00. The fraction of sp³-hybridized carbons (Fsp3) is 0. The summed E-state index contributed by atoms with van der Waals surface area (Å²) < 4.78 is 0. The third-order valence-electron chi connectivity index (χ3n) is 6.68. The molecule has 0 aliphatic heterocycles. The van der Waals surface area contributed by atoms with Crippen molar-refractivity contribution in [2.24, 2.45) is 0 Å². The third-order valence-corrected chi connectivity index (χ3v) is 6.68. The summed E-state index contributed by atoms with van der Waals surface area (Å²) in [6.45, 7) is 0. The molecule has 6 aromatic rings. The van der Waals surface area contributed by atoms with Crippen molar-refractivity contribution in [1.29, 1.82) is 0 Å². The van der Waals surface area contributed by atoms with Crippen LogP contribution in [0.1, 0.15) is 0 Å². The zero-order valence-electron chi connectivity index (χ0n) is 17.4. The number of benzene rings is 5. The number of aromatic nitrogens is 1. The smallest absolute Gasteiger partial charge is 0.0792 e. The van der Waals surface area contributed by atoms with Crippen molar-refractivity contribution in [2.75, 3.05) is 0 Å². The predicted octanol–water partition coefficient (Wildman–Crippen LogP) is 8.37. The second-order valence-corrected chi connectivity index (χ2v) is 8.36. The van der Waals surface area contributed by atoms with E-state index in [1.807, 2.05) is 6.20 Å². The molecule has 1 aromatic heterocycles. The second-order valence-electron chi connectivity index (χ2n) is 8.36. The van der Waals surface area contributed by atoms with Gasteiger partial charge in [0.1, 0.15) is 0 Å². The summed E-state index contributed by atoms with van der Waals surface area (Å²) in [7, 11) is 0. The van der Waals surface area contributed by atoms with Gasteiger partial charge in [0.25, 0.3) is 0 Å². The predicted molar refractivity (Wildman–Crippen MR) is 135 cm³/mol. The summed E-state index contributed by atoms with van der Waals surface area (Å²) in [4.78, 5) is 4.52. The average molecular weight is 406 g/mol. The number of rotatable bonds is 0. The molecule has 2 aliphatic rings. The molecule has 0 saturated carbocycles. The van der Waals surface area contributed by atoms with Crippen LogP contribution in [0.4, 0.5) is 0 Å². The molecule has 1 nitrogen and oxygen atoms in total. The van der Waals surface area contributed by atoms with Crippen LogP contribution in [0.3, 0.4) is 0 Å². The van der Waals surface area contributed by atoms with Crippen LogP contribution in [0.15, 0.2) is 115 Å². The Morgan fingerprint density at radius 2 is 0.781 bits per heavy atom. The summed E-state index contributed by atoms with van der Waals surface area (Å²) >= 11 is 0. The minimum atomic E-state index is 1.13. The monoisotopic (exact) mass is 405 g/mol. The minimum absolute atomic E-state index is 1.13. The molecule has 1 heterocycles. The molecular weight excluding hydrogens is 386 g/mol. The van der Waals surface area contributed by atoms with Gasteiger partial charge in [0.2, 0.25) is 0 Å². The van der Waals surface area contributed by atoms with Crippen molar-refractivity contribution in [2.45, 2.75) is 0 Å². The zero-order chi connectivity index (χ0) is 21.1. The first-order valence-corrected chi connectivity index (χ1v) is 11.0. The Balaban J connectivity index is 0.000000113. The van der Waals surface area contributed by atoms with Gasteiger partial charge in [0, 0.05) is 17.1 Å². The first-order valence-electron chi connectivity index (χ1n) is 11.0. The van der Waals surface area contributed by atoms with E-state index in [-0.39, 0.29) is 0 Å². The minimum Gasteiger partial charge on any atom is -0.256 e. The van der Waals surface area contributed by atoms with Crippen molar-refractivity contribution in [1.82, 2.24) is 4.98 Å². The van der Waals surface area contributed by atoms with Crippen LogP contribution >= 0.6 is 0 Å². The van der Waals surface area contributed by atoms with E-state index in [0.717, 1.165) is 5.69 Å². The molecule has 0 saturated heterocycles. The molecule has 32 heavy (non-hydrogen) atoms. The average Bonchev–Trinajstić information content (AvgIpc) is 3.37. The van der Waals surface area contributed by atoms with Crippen LogP contribution in [0.5, 0.6) is 0 Å². The first-order chi connectivity index (χ1) is 15.9. The van der Waals surface area contributed by atoms with Crippen LogP contribution in [-0.2, 0) is 0 Å². The Morgan fingerprint density at radius 3 is 1.38 bits per heavy atom. The summed E-state index contributed by atoms with van der Waals surface area (Å²) in [5.41, 5.74) is 10.5. The van der Waals surface area contributed by atoms with Crippen molar-refractivity contribution in [3.8, 4) is 44.6 Å². The van der Waals surface area contributed by atoms with Gasteiger partial charge in [-0.2, -0.15) is 0 Å². The van der Waals surface area contributed by atoms with Crippen LogP contribution < -0.4 is 0 Å². The van der Waals surface area contributed by atoms with E-state index in [2.05, 4.69) is 114 Å². The van der Waals surface area contributed by atoms with Gasteiger partial charge in [-0.3, -0.25) is 4.98 Å². The van der Waals surface area contributed by atoms with Crippen molar-refractivity contribution >= 4 is 21.5 Å². The molecule has 5 aromatic carbocycles. The van der Waals surface area contributed by atoms with Crippen LogP contribution in [0, 0.1) is 0 Å². The zero-order valence-corrected chi connectivity index (χ0v) is 17.4. The fourth-order valence-electron chi connectivity index (χ4n) is 5.33. The topological polar surface area (TPSA) is 12.9 Å². The lowest BCUT2D eigenvalue weighted by atomic mass is 10.0. The molecule has 0 atom stereocenters. The van der Waals surface area contributed by atoms with Gasteiger partial charge < -0.3 is 0 Å². The molecule has 148 valence electrons. The van der Waals surface area contributed by atoms with E-state index in [4.69, 9.17) is 0 Å². The van der Waals surface area contributed by atoms with Crippen molar-refractivity contribution in [3.05, 3.63) is 115 Å². The van der Waals surface area contributed by atoms with E-state index in [1.165, 1.54) is 60.5 Å². The first kappa shape index (κ1) is 17.5. The molecule has 0 bridgehead atoms. The summed E-state index contributed by atoms with van der Waals surface area (Å²) in [5, 5.41) is 5.32. The normalized spacial score (nSPS) is 11.8. The Kier molecular flexibility index (Phi) is 3.62. The van der Waals surface area contributed by atoms with Crippen LogP contribution in [0.2, 0.25) is 0 Å². The number of hydrogen-bond acceptors (Lipinski definition) is 1. The molecule has 8 rings (SSSR count). The van der Waals surface area contributed by atoms with E-state index in [9.17, 15) is 0 Å². The van der Waals surface area contributed by atoms with Gasteiger partial charge in [-0.1, -0.05) is 103 Å². The Morgan fingerprint density at radius 1 is 0.344 bits per heavy atom. The van der Waals surface area contributed by atoms with Crippen molar-refractivity contribution in [3.63, 3.8) is 0 Å². The molecule has 0 amide bonds. The second kappa shape index (κ2) is 6.63. The molecule has 1 heteroatoms. The molecule has 0 unspecified atom stereocenters. The molecule has 0 radical (unpaired) electrons. The Bertz CT molecular complexity index is 1430. The van der Waals surface area contributed by atoms with E-state index < -0.39 is 0 Å². The van der Waals surface area contributed by atoms with Crippen molar-refractivity contribution < 1.29 is 0 Å². The fourth-order valence-corrected chi connectivity index (χ4v) is 5.33. The summed E-state index contributed by atoms with van der Waals surface area (Å²) in [5.74, 6) is 0. The van der Waals surface area contributed by atoms with Crippen LogP contribution in [-0.4, -0.2) is 4.98 Å². The number of fused-ring (bicyclic) bond motifs is 6. The SMILES string of the molecule is c1ccc2c(c1)-c1cccc3cccc-2c13.c1ccc2c(c1)-c1cccc3ccnc-2c13. The Hall–Kier alpha value is -4.23. The van der Waals surface area contributed by atoms with Gasteiger partial charge in [-0.15, -0.1) is 0 Å². The maximum atomic E-state index is 4.52. The highest BCUT2D eigenvalue weighted by Gasteiger charge is 2.21. The lowest BCUT2D eigenvalue weighted by molar-refractivity contribution is 1.37. The third kappa shape index (κ3) is 2.36. The summed E-state index contributed by atoms with van der Waals surface area (Å²) in [6.07, 6.45) is 1.89. The standard InChI is InChI=1S/C16H10.C15H9N/c1-2-8-13-12(7-1)14-9-3-5-11-6-4-10-15(13)16(11)14;1-2-6-13-11(5-1)12-7-3-4-10-8-9-16-15(13)14(10)12/h1-10H;1-9H. The maximum absolute atomic E-state index is 4.52. The van der Waals surface area contributed by atoms with Gasteiger partial charge in [0.05, 0.1) is 5.69 Å². The number of nitrogens with zero attached hydrogens (tertiary/aromatic N) is 1. The highest BCUT2D eigenvalue weighted by Crippen LogP contribution is 2.47.